The summed E-state index contributed by atoms with van der Waals surface area (Å²) in [5.74, 6) is 0.560. The summed E-state index contributed by atoms with van der Waals surface area (Å²) in [5, 5.41) is 10.1. The molecule has 0 amide bonds. The van der Waals surface area contributed by atoms with E-state index in [1.165, 1.54) is 0 Å². The van der Waals surface area contributed by atoms with Gasteiger partial charge in [-0.15, -0.1) is 0 Å². The molecule has 0 aliphatic rings. The van der Waals surface area contributed by atoms with Gasteiger partial charge in [0, 0.05) is 11.9 Å². The Labute approximate surface area is 262 Å². The van der Waals surface area contributed by atoms with Crippen molar-refractivity contribution in [2.24, 2.45) is 4.99 Å². The minimum absolute atomic E-state index is 0.0187. The Morgan fingerprint density at radius 1 is 0.886 bits per heavy atom. The van der Waals surface area contributed by atoms with Crippen molar-refractivity contribution in [3.05, 3.63) is 139 Å². The number of para-hydroxylation sites is 1. The normalized spacial score (nSPS) is 10.7. The van der Waals surface area contributed by atoms with Crippen LogP contribution in [0.5, 0.6) is 11.5 Å². The third-order valence-corrected chi connectivity index (χ3v) is 6.05. The Balaban J connectivity index is 0.000000409. The van der Waals surface area contributed by atoms with Gasteiger partial charge in [0.15, 0.2) is 0 Å². The molecule has 0 atom stereocenters. The van der Waals surface area contributed by atoms with E-state index in [9.17, 15) is 4.79 Å². The van der Waals surface area contributed by atoms with Crippen LogP contribution in [0.3, 0.4) is 0 Å². The van der Waals surface area contributed by atoms with Crippen molar-refractivity contribution in [2.75, 3.05) is 6.54 Å². The lowest BCUT2D eigenvalue weighted by molar-refractivity contribution is -0.136. The summed E-state index contributed by atoms with van der Waals surface area (Å²) in [6.07, 6.45) is 6.60. The van der Waals surface area contributed by atoms with Crippen LogP contribution in [-0.4, -0.2) is 28.3 Å². The predicted molar refractivity (Wildman–Crippen MR) is 183 cm³/mol. The van der Waals surface area contributed by atoms with Gasteiger partial charge < -0.3 is 14.6 Å². The Morgan fingerprint density at radius 2 is 1.50 bits per heavy atom. The van der Waals surface area contributed by atoms with Crippen molar-refractivity contribution in [1.29, 1.82) is 0 Å². The lowest BCUT2D eigenvalue weighted by Gasteiger charge is -2.11. The van der Waals surface area contributed by atoms with Crippen LogP contribution in [0.2, 0.25) is 0 Å². The molecule has 0 radical (unpaired) electrons. The maximum absolute atomic E-state index is 11.0. The Morgan fingerprint density at radius 3 is 2.11 bits per heavy atom. The van der Waals surface area contributed by atoms with Gasteiger partial charge in [-0.2, -0.15) is 0 Å². The third-order valence-electron chi connectivity index (χ3n) is 6.05. The van der Waals surface area contributed by atoms with Crippen LogP contribution in [0.15, 0.2) is 127 Å². The fourth-order valence-electron chi connectivity index (χ4n) is 3.89. The molecule has 0 saturated heterocycles. The highest BCUT2D eigenvalue weighted by Crippen LogP contribution is 2.21. The van der Waals surface area contributed by atoms with Gasteiger partial charge >= 0.3 is 5.97 Å². The molecule has 1 heterocycles. The zero-order chi connectivity index (χ0) is 32.2. The smallest absolute Gasteiger partial charge is 0.307 e. The van der Waals surface area contributed by atoms with E-state index in [4.69, 9.17) is 14.6 Å². The zero-order valence-corrected chi connectivity index (χ0v) is 26.3. The number of aliphatic imine (C=N–C) groups is 1. The first-order valence-corrected chi connectivity index (χ1v) is 14.9. The van der Waals surface area contributed by atoms with Gasteiger partial charge in [-0.1, -0.05) is 94.6 Å². The molecular formula is C38H44N2O4. The van der Waals surface area contributed by atoms with Gasteiger partial charge in [0.2, 0.25) is 0 Å². The Bertz CT molecular complexity index is 1540. The molecule has 1 N–H and O–H groups in total. The number of allylic oxidation sites excluding steroid dienone is 4. The number of benzene rings is 3. The van der Waals surface area contributed by atoms with Crippen LogP contribution in [-0.2, 0) is 24.4 Å². The predicted octanol–water partition coefficient (Wildman–Crippen LogP) is 9.20. The molecular weight excluding hydrogens is 548 g/mol. The Hall–Kier alpha value is -4.97. The topological polar surface area (TPSA) is 81.0 Å². The first kappa shape index (κ1) is 35.2. The summed E-state index contributed by atoms with van der Waals surface area (Å²) in [4.78, 5) is 20.0. The van der Waals surface area contributed by atoms with Crippen LogP contribution >= 0.6 is 0 Å². The van der Waals surface area contributed by atoms with E-state index < -0.39 is 5.97 Å². The summed E-state index contributed by atoms with van der Waals surface area (Å²) in [6, 6.07) is 26.8. The maximum Gasteiger partial charge on any atom is 0.307 e. The number of nitrogens with zero attached hydrogens (tertiary/aromatic N) is 2. The Kier molecular flexibility index (Phi) is 16.0. The summed E-state index contributed by atoms with van der Waals surface area (Å²) in [5.41, 5.74) is 5.41. The van der Waals surface area contributed by atoms with Crippen molar-refractivity contribution < 1.29 is 19.4 Å². The van der Waals surface area contributed by atoms with Crippen molar-refractivity contribution in [3.63, 3.8) is 0 Å². The number of fused-ring (bicyclic) bond motifs is 1. The lowest BCUT2D eigenvalue weighted by Crippen LogP contribution is -2.05. The molecule has 0 spiro atoms. The summed E-state index contributed by atoms with van der Waals surface area (Å²) >= 11 is 0. The molecule has 3 aromatic carbocycles. The van der Waals surface area contributed by atoms with Gasteiger partial charge in [0.05, 0.1) is 23.3 Å². The van der Waals surface area contributed by atoms with E-state index in [-0.39, 0.29) is 6.42 Å². The number of carboxylic acids is 1. The molecule has 0 aliphatic carbocycles. The number of hydrogen-bond donors (Lipinski definition) is 1. The van der Waals surface area contributed by atoms with Crippen LogP contribution in [0.4, 0.5) is 0 Å². The molecule has 0 saturated carbocycles. The molecule has 4 rings (SSSR count). The molecule has 0 aliphatic heterocycles. The van der Waals surface area contributed by atoms with Gasteiger partial charge in [-0.05, 0) is 72.5 Å². The molecule has 44 heavy (non-hydrogen) atoms. The van der Waals surface area contributed by atoms with Gasteiger partial charge in [0.25, 0.3) is 0 Å². The molecule has 0 fully saturated rings. The number of ether oxygens (including phenoxy) is 2. The SMILES string of the molecule is C=C/C=C\C(=NCCC)C(=C)C.CC.O=C(O)Cc1ccccc1COc1ccc(OCc2ccc3ccccc3n2)cc1. The van der Waals surface area contributed by atoms with E-state index in [1.807, 2.05) is 118 Å². The molecule has 230 valence electrons. The first-order chi connectivity index (χ1) is 21.4. The fraction of sp³-hybridized carbons (Fsp3) is 0.237. The largest absolute Gasteiger partial charge is 0.489 e. The van der Waals surface area contributed by atoms with Crippen molar-refractivity contribution in [1.82, 2.24) is 4.98 Å². The number of carbonyl (C=O) groups is 1. The van der Waals surface area contributed by atoms with E-state index in [0.29, 0.717) is 19.0 Å². The van der Waals surface area contributed by atoms with E-state index in [1.54, 1.807) is 6.08 Å². The highest BCUT2D eigenvalue weighted by atomic mass is 16.5. The van der Waals surface area contributed by atoms with Crippen molar-refractivity contribution >= 4 is 22.6 Å². The second-order valence-electron chi connectivity index (χ2n) is 9.53. The summed E-state index contributed by atoms with van der Waals surface area (Å²) in [7, 11) is 0. The van der Waals surface area contributed by atoms with Crippen LogP contribution < -0.4 is 9.47 Å². The standard InChI is InChI=1S/C25H21NO4.C11H17N.C2H6/c27-25(28)15-19-6-1-2-7-20(19)16-29-22-11-13-23(14-12-22)30-17-21-10-9-18-5-3-4-8-24(18)26-21;1-5-7-8-11(10(3)4)12-9-6-2;1-2/h1-14H,15-17H2,(H,27,28);5,7-8H,1,3,6,9H2,2,4H3;1-2H3/b;8-7-,12-11?;. The quantitative estimate of drug-likeness (QED) is 0.124. The highest BCUT2D eigenvalue weighted by Gasteiger charge is 2.07. The zero-order valence-electron chi connectivity index (χ0n) is 26.3. The first-order valence-electron chi connectivity index (χ1n) is 14.9. The average molecular weight is 593 g/mol. The van der Waals surface area contributed by atoms with E-state index in [2.05, 4.69) is 30.1 Å². The minimum Gasteiger partial charge on any atom is -0.489 e. The second kappa shape index (κ2) is 20.0. The number of hydrogen-bond acceptors (Lipinski definition) is 5. The lowest BCUT2D eigenvalue weighted by atomic mass is 10.1. The average Bonchev–Trinajstić information content (AvgIpc) is 3.04. The molecule has 6 heteroatoms. The molecule has 6 nitrogen and oxygen atoms in total. The minimum atomic E-state index is -0.857. The van der Waals surface area contributed by atoms with Crippen molar-refractivity contribution in [2.45, 2.75) is 53.8 Å². The summed E-state index contributed by atoms with van der Waals surface area (Å²) < 4.78 is 11.7. The van der Waals surface area contributed by atoms with Crippen LogP contribution in [0.1, 0.15) is 50.9 Å². The highest BCUT2D eigenvalue weighted by molar-refractivity contribution is 6.07. The molecule has 0 unspecified atom stereocenters. The van der Waals surface area contributed by atoms with Crippen molar-refractivity contribution in [3.8, 4) is 11.5 Å². The monoisotopic (exact) mass is 592 g/mol. The van der Waals surface area contributed by atoms with E-state index in [0.717, 1.165) is 57.7 Å². The van der Waals surface area contributed by atoms with Gasteiger partial charge in [-0.25, -0.2) is 4.98 Å². The molecule has 4 aromatic rings. The van der Waals surface area contributed by atoms with Gasteiger partial charge in [0.1, 0.15) is 24.7 Å². The van der Waals surface area contributed by atoms with Crippen LogP contribution in [0, 0.1) is 0 Å². The number of pyridine rings is 1. The summed E-state index contributed by atoms with van der Waals surface area (Å²) in [6.45, 7) is 17.1. The molecule has 0 bridgehead atoms. The third kappa shape index (κ3) is 12.5. The van der Waals surface area contributed by atoms with E-state index >= 15 is 0 Å². The number of carboxylic acid groups (broad SMARTS) is 1. The van der Waals surface area contributed by atoms with Gasteiger partial charge in [-0.3, -0.25) is 9.79 Å². The number of aliphatic carboxylic acids is 1. The second-order valence-corrected chi connectivity index (χ2v) is 9.53. The maximum atomic E-state index is 11.0. The fourth-order valence-corrected chi connectivity index (χ4v) is 3.89. The number of rotatable bonds is 13. The number of aromatic nitrogens is 1. The van der Waals surface area contributed by atoms with Crippen LogP contribution in [0.25, 0.3) is 10.9 Å². The molecule has 1 aromatic heterocycles.